The molecule has 1 aromatic carbocycles. The molecule has 0 saturated carbocycles. The lowest BCUT2D eigenvalue weighted by Gasteiger charge is -2.25. The summed E-state index contributed by atoms with van der Waals surface area (Å²) in [5, 5.41) is 15.7. The molecular weight excluding hydrogens is 406 g/mol. The third kappa shape index (κ3) is 4.87. The molecule has 0 aliphatic carbocycles. The number of thiazole rings is 1. The molecule has 1 unspecified atom stereocenters. The second kappa shape index (κ2) is 8.53. The summed E-state index contributed by atoms with van der Waals surface area (Å²) < 4.78 is 15.0. The van der Waals surface area contributed by atoms with Crippen LogP contribution in [0.3, 0.4) is 0 Å². The number of methoxy groups -OCH3 is 1. The molecule has 1 atom stereocenters. The summed E-state index contributed by atoms with van der Waals surface area (Å²) in [5.74, 6) is 0. The predicted octanol–water partition coefficient (Wildman–Crippen LogP) is 3.43. The Morgan fingerprint density at radius 1 is 1.24 bits per heavy atom. The lowest BCUT2D eigenvalue weighted by molar-refractivity contribution is 0.0500. The first-order chi connectivity index (χ1) is 13.6. The maximum Gasteiger partial charge on any atom is 0.310 e. The van der Waals surface area contributed by atoms with Crippen molar-refractivity contribution in [1.82, 2.24) is 14.3 Å². The van der Waals surface area contributed by atoms with Crippen molar-refractivity contribution in [2.45, 2.75) is 51.7 Å². The Morgan fingerprint density at radius 3 is 2.69 bits per heavy atom. The monoisotopic (exact) mass is 435 g/mol. The molecule has 9 heteroatoms. The molecule has 0 amide bonds. The van der Waals surface area contributed by atoms with E-state index in [0.29, 0.717) is 24.6 Å². The van der Waals surface area contributed by atoms with Gasteiger partial charge in [0.1, 0.15) is 19.1 Å². The van der Waals surface area contributed by atoms with E-state index in [0.717, 1.165) is 27.6 Å². The van der Waals surface area contributed by atoms with Crippen LogP contribution in [0.2, 0.25) is 25.7 Å². The summed E-state index contributed by atoms with van der Waals surface area (Å²) in [6.45, 7) is 9.85. The van der Waals surface area contributed by atoms with Gasteiger partial charge in [0.05, 0.1) is 15.9 Å². The zero-order chi connectivity index (χ0) is 21.2. The molecule has 0 aliphatic rings. The van der Waals surface area contributed by atoms with Crippen molar-refractivity contribution < 1.29 is 14.6 Å². The van der Waals surface area contributed by atoms with Crippen LogP contribution in [0.1, 0.15) is 18.2 Å². The molecule has 2 aromatic heterocycles. The number of aromatic nitrogens is 3. The van der Waals surface area contributed by atoms with E-state index in [9.17, 15) is 9.90 Å². The van der Waals surface area contributed by atoms with E-state index in [-0.39, 0.29) is 11.6 Å². The average Bonchev–Trinajstić information content (AvgIpc) is 3.23. The zero-order valence-corrected chi connectivity index (χ0v) is 19.5. The van der Waals surface area contributed by atoms with E-state index in [2.05, 4.69) is 24.7 Å². The van der Waals surface area contributed by atoms with E-state index in [1.807, 2.05) is 18.2 Å². The summed E-state index contributed by atoms with van der Waals surface area (Å²) >= 11 is 1.14. The van der Waals surface area contributed by atoms with Crippen LogP contribution in [-0.2, 0) is 28.5 Å². The Kier molecular flexibility index (Phi) is 6.44. The molecule has 0 aliphatic heterocycles. The molecule has 7 nitrogen and oxygen atoms in total. The molecule has 0 bridgehead atoms. The molecule has 0 fully saturated rings. The van der Waals surface area contributed by atoms with E-state index in [1.54, 1.807) is 35.5 Å². The highest BCUT2D eigenvalue weighted by Gasteiger charge is 2.30. The highest BCUT2D eigenvalue weighted by Crippen LogP contribution is 2.32. The quantitative estimate of drug-likeness (QED) is 0.411. The Balaban J connectivity index is 1.84. The zero-order valence-electron chi connectivity index (χ0n) is 17.6. The van der Waals surface area contributed by atoms with Gasteiger partial charge in [-0.1, -0.05) is 37.0 Å². The Morgan fingerprint density at radius 2 is 2.00 bits per heavy atom. The Hall–Kier alpha value is -1.78. The van der Waals surface area contributed by atoms with Crippen molar-refractivity contribution >= 4 is 29.6 Å². The third-order valence-corrected chi connectivity index (χ3v) is 7.56. The third-order valence-electron chi connectivity index (χ3n) is 4.91. The molecular formula is C20H29N3O4SSi. The van der Waals surface area contributed by atoms with Crippen LogP contribution in [0.15, 0.2) is 35.3 Å². The molecule has 0 spiro atoms. The number of hydrogen-bond donors (Lipinski definition) is 1. The highest BCUT2D eigenvalue weighted by molar-refractivity contribution is 7.16. The minimum Gasteiger partial charge on any atom is -0.379 e. The van der Waals surface area contributed by atoms with E-state index in [4.69, 9.17) is 9.47 Å². The average molecular weight is 436 g/mol. The van der Waals surface area contributed by atoms with Crippen molar-refractivity contribution in [3.8, 4) is 0 Å². The van der Waals surface area contributed by atoms with Crippen molar-refractivity contribution in [1.29, 1.82) is 0 Å². The SMILES string of the molecule is COCn1c(=O)sc2cc(C(C)(O)c3ccnn3COCC[Si](C)(C)C)ccc21. The normalized spacial score (nSPS) is 14.4. The minimum absolute atomic E-state index is 0.0838. The molecule has 3 rings (SSSR count). The van der Waals surface area contributed by atoms with Gasteiger partial charge >= 0.3 is 4.87 Å². The van der Waals surface area contributed by atoms with Gasteiger partial charge in [-0.3, -0.25) is 9.36 Å². The molecule has 29 heavy (non-hydrogen) atoms. The summed E-state index contributed by atoms with van der Waals surface area (Å²) in [6, 6.07) is 8.42. The number of rotatable bonds is 9. The van der Waals surface area contributed by atoms with Crippen LogP contribution < -0.4 is 4.87 Å². The van der Waals surface area contributed by atoms with Gasteiger partial charge in [0, 0.05) is 28.0 Å². The van der Waals surface area contributed by atoms with Crippen LogP contribution in [0.5, 0.6) is 0 Å². The molecule has 3 aromatic rings. The number of nitrogens with zero attached hydrogens (tertiary/aromatic N) is 3. The molecule has 1 N–H and O–H groups in total. The fraction of sp³-hybridized carbons (Fsp3) is 0.500. The summed E-state index contributed by atoms with van der Waals surface area (Å²) in [4.78, 5) is 12.1. The number of hydrogen-bond acceptors (Lipinski definition) is 6. The first-order valence-electron chi connectivity index (χ1n) is 9.59. The second-order valence-corrected chi connectivity index (χ2v) is 15.1. The van der Waals surface area contributed by atoms with Crippen molar-refractivity contribution in [2.75, 3.05) is 13.7 Å². The van der Waals surface area contributed by atoms with Crippen LogP contribution in [0.4, 0.5) is 0 Å². The van der Waals surface area contributed by atoms with Gasteiger partial charge in [-0.25, -0.2) is 4.68 Å². The van der Waals surface area contributed by atoms with E-state index >= 15 is 0 Å². The van der Waals surface area contributed by atoms with E-state index in [1.165, 1.54) is 0 Å². The minimum atomic E-state index is -1.27. The Bertz CT molecular complexity index is 1030. The van der Waals surface area contributed by atoms with Crippen LogP contribution in [-0.4, -0.2) is 41.2 Å². The number of fused-ring (bicyclic) bond motifs is 1. The van der Waals surface area contributed by atoms with E-state index < -0.39 is 13.7 Å². The van der Waals surface area contributed by atoms with Crippen molar-refractivity contribution in [2.24, 2.45) is 0 Å². The first kappa shape index (κ1) is 21.9. The smallest absolute Gasteiger partial charge is 0.310 e. The highest BCUT2D eigenvalue weighted by atomic mass is 32.1. The van der Waals surface area contributed by atoms with Gasteiger partial charge in [0.25, 0.3) is 0 Å². The number of aliphatic hydroxyl groups is 1. The van der Waals surface area contributed by atoms with Gasteiger partial charge in [-0.2, -0.15) is 5.10 Å². The lowest BCUT2D eigenvalue weighted by Crippen LogP contribution is -2.28. The van der Waals surface area contributed by atoms with Crippen LogP contribution in [0.25, 0.3) is 10.2 Å². The van der Waals surface area contributed by atoms with Gasteiger partial charge in [-0.15, -0.1) is 0 Å². The lowest BCUT2D eigenvalue weighted by atomic mass is 9.92. The number of ether oxygens (including phenoxy) is 2. The summed E-state index contributed by atoms with van der Waals surface area (Å²) in [7, 11) is 0.401. The standard InChI is InChI=1S/C20H29N3O4SSi/c1-20(25,18-8-9-21-23(18)14-27-10-11-29(3,4)5)15-6-7-16-17(12-15)28-19(24)22(16)13-26-2/h6-9,12,25H,10-11,13-14H2,1-5H3. The maximum absolute atomic E-state index is 12.2. The topological polar surface area (TPSA) is 78.5 Å². The first-order valence-corrected chi connectivity index (χ1v) is 14.1. The summed E-state index contributed by atoms with van der Waals surface area (Å²) in [6.07, 6.45) is 1.66. The molecule has 158 valence electrons. The molecule has 0 radical (unpaired) electrons. The summed E-state index contributed by atoms with van der Waals surface area (Å²) in [5.41, 5.74) is 0.865. The fourth-order valence-corrected chi connectivity index (χ4v) is 4.82. The van der Waals surface area contributed by atoms with Gasteiger partial charge in [-0.05, 0) is 36.7 Å². The van der Waals surface area contributed by atoms with Crippen molar-refractivity contribution in [3.05, 3.63) is 51.4 Å². The van der Waals surface area contributed by atoms with Crippen LogP contribution >= 0.6 is 11.3 Å². The van der Waals surface area contributed by atoms with Crippen molar-refractivity contribution in [3.63, 3.8) is 0 Å². The van der Waals surface area contributed by atoms with Gasteiger partial charge < -0.3 is 14.6 Å². The van der Waals surface area contributed by atoms with Gasteiger partial charge in [0.15, 0.2) is 0 Å². The second-order valence-electron chi connectivity index (χ2n) is 8.53. The maximum atomic E-state index is 12.2. The Labute approximate surface area is 175 Å². The number of benzene rings is 1. The molecule has 2 heterocycles. The van der Waals surface area contributed by atoms with Gasteiger partial charge in [0.2, 0.25) is 0 Å². The largest absolute Gasteiger partial charge is 0.379 e. The van der Waals surface area contributed by atoms with Crippen LogP contribution in [0, 0.1) is 0 Å². The predicted molar refractivity (Wildman–Crippen MR) is 118 cm³/mol. The fourth-order valence-electron chi connectivity index (χ4n) is 3.15. The molecule has 0 saturated heterocycles.